The third-order valence-electron chi connectivity index (χ3n) is 6.74. The molecular weight excluding hydrogens is 353 g/mol. The quantitative estimate of drug-likeness (QED) is 0.667. The third kappa shape index (κ3) is 3.48. The highest BCUT2D eigenvalue weighted by molar-refractivity contribution is 6.35. The zero-order chi connectivity index (χ0) is 17.6. The number of halogens is 2. The van der Waals surface area contributed by atoms with E-state index < -0.39 is 0 Å². The van der Waals surface area contributed by atoms with E-state index in [0.29, 0.717) is 15.5 Å². The summed E-state index contributed by atoms with van der Waals surface area (Å²) in [6, 6.07) is 5.54. The van der Waals surface area contributed by atoms with Crippen molar-refractivity contribution in [1.29, 1.82) is 0 Å². The van der Waals surface area contributed by atoms with Gasteiger partial charge in [-0.3, -0.25) is 4.79 Å². The first kappa shape index (κ1) is 17.4. The number of hydrogen-bond donors (Lipinski definition) is 1. The molecule has 4 saturated carbocycles. The molecule has 25 heavy (non-hydrogen) atoms. The average Bonchev–Trinajstić information content (AvgIpc) is 2.52. The summed E-state index contributed by atoms with van der Waals surface area (Å²) < 4.78 is 0. The number of carbonyl (C=O) groups is 1. The maximum absolute atomic E-state index is 12.4. The van der Waals surface area contributed by atoms with E-state index in [1.165, 1.54) is 38.5 Å². The Morgan fingerprint density at radius 2 is 1.76 bits per heavy atom. The molecule has 4 aliphatic rings. The molecular formula is C21H25Cl2NO. The van der Waals surface area contributed by atoms with Gasteiger partial charge in [0, 0.05) is 22.2 Å². The average molecular weight is 378 g/mol. The summed E-state index contributed by atoms with van der Waals surface area (Å²) in [5.41, 5.74) is 1.14. The van der Waals surface area contributed by atoms with Crippen LogP contribution < -0.4 is 5.32 Å². The van der Waals surface area contributed by atoms with Crippen molar-refractivity contribution in [3.05, 3.63) is 39.9 Å². The first-order valence-corrected chi connectivity index (χ1v) is 10.1. The van der Waals surface area contributed by atoms with Crippen LogP contribution in [0.25, 0.3) is 6.08 Å². The molecule has 1 atom stereocenters. The Bertz CT molecular complexity index is 677. The van der Waals surface area contributed by atoms with Crippen LogP contribution in [0.1, 0.15) is 51.0 Å². The first-order chi connectivity index (χ1) is 11.9. The minimum Gasteiger partial charge on any atom is -0.350 e. The maximum atomic E-state index is 12.4. The van der Waals surface area contributed by atoms with Gasteiger partial charge in [-0.25, -0.2) is 0 Å². The zero-order valence-electron chi connectivity index (χ0n) is 14.6. The first-order valence-electron chi connectivity index (χ1n) is 9.37. The summed E-state index contributed by atoms with van der Waals surface area (Å²) in [6.45, 7) is 2.20. The molecule has 2 nitrogen and oxygen atoms in total. The summed E-state index contributed by atoms with van der Waals surface area (Å²) in [6.07, 6.45) is 11.5. The normalized spacial score (nSPS) is 34.4. The lowest BCUT2D eigenvalue weighted by Gasteiger charge is -2.59. The van der Waals surface area contributed by atoms with Crippen LogP contribution in [-0.2, 0) is 4.79 Å². The number of benzene rings is 1. The van der Waals surface area contributed by atoms with Crippen molar-refractivity contribution in [1.82, 2.24) is 5.32 Å². The van der Waals surface area contributed by atoms with E-state index in [-0.39, 0.29) is 11.9 Å². The van der Waals surface area contributed by atoms with E-state index in [2.05, 4.69) is 12.2 Å². The van der Waals surface area contributed by atoms with Crippen molar-refractivity contribution in [3.8, 4) is 0 Å². The number of hydrogen-bond acceptors (Lipinski definition) is 1. The van der Waals surface area contributed by atoms with Crippen molar-refractivity contribution in [3.63, 3.8) is 0 Å². The van der Waals surface area contributed by atoms with Crippen molar-refractivity contribution in [2.45, 2.75) is 51.5 Å². The predicted molar refractivity (Wildman–Crippen MR) is 104 cm³/mol. The van der Waals surface area contributed by atoms with E-state index in [0.717, 1.165) is 23.3 Å². The Balaban J connectivity index is 1.41. The fourth-order valence-electron chi connectivity index (χ4n) is 5.92. The highest BCUT2D eigenvalue weighted by Gasteiger charge is 2.53. The Labute approximate surface area is 160 Å². The second-order valence-corrected chi connectivity index (χ2v) is 9.35. The molecule has 0 heterocycles. The van der Waals surface area contributed by atoms with E-state index in [4.69, 9.17) is 23.2 Å². The van der Waals surface area contributed by atoms with E-state index >= 15 is 0 Å². The van der Waals surface area contributed by atoms with Crippen LogP contribution in [-0.4, -0.2) is 11.9 Å². The number of nitrogens with one attached hydrogen (secondary N) is 1. The van der Waals surface area contributed by atoms with Gasteiger partial charge in [0.05, 0.1) is 0 Å². The predicted octanol–water partition coefficient (Wildman–Crippen LogP) is 5.73. The van der Waals surface area contributed by atoms with Crippen LogP contribution in [0.15, 0.2) is 24.3 Å². The van der Waals surface area contributed by atoms with Crippen LogP contribution >= 0.6 is 23.2 Å². The maximum Gasteiger partial charge on any atom is 0.244 e. The van der Waals surface area contributed by atoms with Crippen LogP contribution in [0.2, 0.25) is 10.0 Å². The summed E-state index contributed by atoms with van der Waals surface area (Å²) in [7, 11) is 0. The Morgan fingerprint density at radius 1 is 1.16 bits per heavy atom. The van der Waals surface area contributed by atoms with Gasteiger partial charge in [-0.15, -0.1) is 0 Å². The van der Waals surface area contributed by atoms with Crippen LogP contribution in [0.3, 0.4) is 0 Å². The molecule has 1 amide bonds. The topological polar surface area (TPSA) is 29.1 Å². The lowest BCUT2D eigenvalue weighted by Crippen LogP contribution is -2.55. The summed E-state index contributed by atoms with van der Waals surface area (Å²) >= 11 is 12.1. The summed E-state index contributed by atoms with van der Waals surface area (Å²) in [5.74, 6) is 2.66. The molecule has 0 aromatic heterocycles. The molecule has 4 fully saturated rings. The minimum atomic E-state index is -0.0331. The Hall–Kier alpha value is -0.990. The van der Waals surface area contributed by atoms with Gasteiger partial charge < -0.3 is 5.32 Å². The van der Waals surface area contributed by atoms with Crippen molar-refractivity contribution >= 4 is 35.2 Å². The van der Waals surface area contributed by atoms with Gasteiger partial charge in [-0.1, -0.05) is 29.3 Å². The van der Waals surface area contributed by atoms with Crippen LogP contribution in [0, 0.1) is 23.2 Å². The Kier molecular flexibility index (Phi) is 4.62. The molecule has 4 aliphatic carbocycles. The van der Waals surface area contributed by atoms with Crippen LogP contribution in [0.5, 0.6) is 0 Å². The minimum absolute atomic E-state index is 0.0331. The monoisotopic (exact) mass is 377 g/mol. The van der Waals surface area contributed by atoms with E-state index in [1.54, 1.807) is 24.3 Å². The van der Waals surface area contributed by atoms with Gasteiger partial charge in [0.2, 0.25) is 5.91 Å². The van der Waals surface area contributed by atoms with Crippen molar-refractivity contribution in [2.75, 3.05) is 0 Å². The molecule has 1 aromatic carbocycles. The highest BCUT2D eigenvalue weighted by atomic mass is 35.5. The zero-order valence-corrected chi connectivity index (χ0v) is 16.1. The number of amides is 1. The highest BCUT2D eigenvalue weighted by Crippen LogP contribution is 2.61. The molecule has 0 radical (unpaired) electrons. The second-order valence-electron chi connectivity index (χ2n) is 8.51. The fraction of sp³-hybridized carbons (Fsp3) is 0.571. The lowest BCUT2D eigenvalue weighted by molar-refractivity contribution is -0.121. The molecule has 134 valence electrons. The molecule has 0 saturated heterocycles. The van der Waals surface area contributed by atoms with Crippen molar-refractivity contribution < 1.29 is 4.79 Å². The Morgan fingerprint density at radius 3 is 2.32 bits per heavy atom. The fourth-order valence-corrected chi connectivity index (χ4v) is 6.40. The van der Waals surface area contributed by atoms with Gasteiger partial charge in [0.1, 0.15) is 0 Å². The third-order valence-corrected chi connectivity index (χ3v) is 7.30. The molecule has 1 aromatic rings. The largest absolute Gasteiger partial charge is 0.350 e. The van der Waals surface area contributed by atoms with Gasteiger partial charge in [0.15, 0.2) is 0 Å². The smallest absolute Gasteiger partial charge is 0.244 e. The standard InChI is InChI=1S/C21H25Cl2NO/c1-13(21-10-14-6-15(11-21)8-16(7-14)12-21)24-20(25)5-3-17-2-4-18(22)9-19(17)23/h2-5,9,13-16H,6-8,10-12H2,1H3,(H,24,25)/b5-3+/t13-,14?,15?,16?,21?/m0/s1. The summed E-state index contributed by atoms with van der Waals surface area (Å²) in [5, 5.41) is 4.40. The van der Waals surface area contributed by atoms with Gasteiger partial charge in [-0.05, 0) is 92.4 Å². The van der Waals surface area contributed by atoms with Crippen LogP contribution in [0.4, 0.5) is 0 Å². The molecule has 0 spiro atoms. The molecule has 1 N–H and O–H groups in total. The SMILES string of the molecule is C[C@H](NC(=O)/C=C/c1ccc(Cl)cc1Cl)C12CC3CC(CC(C3)C1)C2. The van der Waals surface area contributed by atoms with E-state index in [9.17, 15) is 4.79 Å². The molecule has 4 bridgehead atoms. The van der Waals surface area contributed by atoms with E-state index in [1.807, 2.05) is 6.07 Å². The number of rotatable bonds is 4. The second kappa shape index (κ2) is 6.63. The molecule has 0 aliphatic heterocycles. The van der Waals surface area contributed by atoms with Gasteiger partial charge >= 0.3 is 0 Å². The molecule has 4 heteroatoms. The molecule has 0 unspecified atom stereocenters. The van der Waals surface area contributed by atoms with Gasteiger partial charge in [0.25, 0.3) is 0 Å². The summed E-state index contributed by atoms with van der Waals surface area (Å²) in [4.78, 5) is 12.4. The van der Waals surface area contributed by atoms with Crippen molar-refractivity contribution in [2.24, 2.45) is 23.2 Å². The molecule has 5 rings (SSSR count). The number of carbonyl (C=O) groups excluding carboxylic acids is 1. The van der Waals surface area contributed by atoms with Gasteiger partial charge in [-0.2, -0.15) is 0 Å². The lowest BCUT2D eigenvalue weighted by atomic mass is 9.48.